The fourth-order valence-corrected chi connectivity index (χ4v) is 5.87. The van der Waals surface area contributed by atoms with Crippen molar-refractivity contribution in [2.24, 2.45) is 0 Å². The summed E-state index contributed by atoms with van der Waals surface area (Å²) in [4.78, 5) is 0. The number of hydrogen-bond donors (Lipinski definition) is 1. The summed E-state index contributed by atoms with van der Waals surface area (Å²) < 4.78 is 27.9. The van der Waals surface area contributed by atoms with Crippen LogP contribution in [0.15, 0.2) is 18.2 Å². The minimum absolute atomic E-state index is 0.0682. The van der Waals surface area contributed by atoms with E-state index >= 15 is 0 Å². The molecule has 0 saturated heterocycles. The first-order chi connectivity index (χ1) is 12.7. The van der Waals surface area contributed by atoms with E-state index in [-0.39, 0.29) is 17.8 Å². The van der Waals surface area contributed by atoms with Crippen LogP contribution in [0.25, 0.3) is 0 Å². The molecule has 0 heterocycles. The molecule has 5 heteroatoms. The number of benzene rings is 1. The third-order valence-electron chi connectivity index (χ3n) is 6.11. The maximum atomic E-state index is 13.1. The molecule has 1 saturated carbocycles. The van der Waals surface area contributed by atoms with Crippen molar-refractivity contribution < 1.29 is 8.42 Å². The van der Waals surface area contributed by atoms with Gasteiger partial charge in [-0.1, -0.05) is 58.7 Å². The lowest BCUT2D eigenvalue weighted by Crippen LogP contribution is -2.51. The Kier molecular flexibility index (Phi) is 7.90. The molecule has 27 heavy (non-hydrogen) atoms. The molecule has 2 rings (SSSR count). The van der Waals surface area contributed by atoms with Crippen molar-refractivity contribution >= 4 is 10.0 Å². The summed E-state index contributed by atoms with van der Waals surface area (Å²) in [5.74, 6) is 0.970. The lowest BCUT2D eigenvalue weighted by atomic mass is 9.87. The van der Waals surface area contributed by atoms with Gasteiger partial charge in [-0.15, -0.1) is 0 Å². The number of likely N-dealkylation sites (N-methyl/N-ethyl adjacent to an activating group) is 2. The zero-order chi connectivity index (χ0) is 20.2. The van der Waals surface area contributed by atoms with Gasteiger partial charge in [0.15, 0.2) is 0 Å². The molecule has 154 valence electrons. The fourth-order valence-electron chi connectivity index (χ4n) is 4.46. The molecule has 1 aromatic rings. The monoisotopic (exact) mass is 394 g/mol. The van der Waals surface area contributed by atoms with Crippen molar-refractivity contribution in [2.75, 3.05) is 19.8 Å². The van der Waals surface area contributed by atoms with Gasteiger partial charge in [-0.05, 0) is 54.8 Å². The van der Waals surface area contributed by atoms with Crippen LogP contribution in [0.5, 0.6) is 0 Å². The number of nitrogens with zero attached hydrogens (tertiary/aromatic N) is 1. The Balaban J connectivity index is 2.22. The third-order valence-corrected chi connectivity index (χ3v) is 7.98. The predicted molar refractivity (Wildman–Crippen MR) is 115 cm³/mol. The maximum Gasteiger partial charge on any atom is 0.214 e. The molecule has 2 atom stereocenters. The van der Waals surface area contributed by atoms with E-state index in [2.05, 4.69) is 51.2 Å². The molecule has 0 amide bonds. The van der Waals surface area contributed by atoms with Crippen LogP contribution in [-0.2, 0) is 16.4 Å². The van der Waals surface area contributed by atoms with Gasteiger partial charge in [0, 0.05) is 19.1 Å². The van der Waals surface area contributed by atoms with Gasteiger partial charge in [0.2, 0.25) is 10.0 Å². The second-order valence-electron chi connectivity index (χ2n) is 8.55. The van der Waals surface area contributed by atoms with E-state index in [1.54, 1.807) is 11.4 Å². The Morgan fingerprint density at radius 1 is 1.07 bits per heavy atom. The first-order valence-corrected chi connectivity index (χ1v) is 12.0. The van der Waals surface area contributed by atoms with Gasteiger partial charge in [-0.3, -0.25) is 0 Å². The van der Waals surface area contributed by atoms with Crippen LogP contribution >= 0.6 is 0 Å². The summed E-state index contributed by atoms with van der Waals surface area (Å²) in [6, 6.07) is 6.74. The van der Waals surface area contributed by atoms with Crippen molar-refractivity contribution in [1.82, 2.24) is 9.62 Å². The third kappa shape index (κ3) is 5.33. The highest BCUT2D eigenvalue weighted by Gasteiger charge is 2.33. The molecule has 1 aliphatic rings. The topological polar surface area (TPSA) is 49.4 Å². The van der Waals surface area contributed by atoms with E-state index < -0.39 is 10.0 Å². The highest BCUT2D eigenvalue weighted by Crippen LogP contribution is 2.29. The van der Waals surface area contributed by atoms with E-state index in [0.29, 0.717) is 18.3 Å². The van der Waals surface area contributed by atoms with Crippen LogP contribution in [-0.4, -0.2) is 44.7 Å². The van der Waals surface area contributed by atoms with Gasteiger partial charge in [0.1, 0.15) is 0 Å². The van der Waals surface area contributed by atoms with Crippen molar-refractivity contribution in [3.05, 3.63) is 34.9 Å². The van der Waals surface area contributed by atoms with Gasteiger partial charge < -0.3 is 5.32 Å². The molecule has 0 bridgehead atoms. The molecule has 2 unspecified atom stereocenters. The smallest absolute Gasteiger partial charge is 0.214 e. The number of sulfonamides is 1. The van der Waals surface area contributed by atoms with E-state index in [1.165, 1.54) is 23.1 Å². The van der Waals surface area contributed by atoms with E-state index in [4.69, 9.17) is 0 Å². The maximum absolute atomic E-state index is 13.1. The Bertz CT molecular complexity index is 687. The highest BCUT2D eigenvalue weighted by atomic mass is 32.2. The SMILES string of the molecule is CNC1CCCCC1N(C)S(=O)(=O)CCc1c(C(C)C)cccc1C(C)C. The standard InChI is InChI=1S/C22H38N2O2S/c1-16(2)18-10-9-11-19(17(3)4)20(18)14-15-27(25,26)24(6)22-13-8-7-12-21(22)23-5/h9-11,16-17,21-23H,7-8,12-15H2,1-6H3. The summed E-state index contributed by atoms with van der Waals surface area (Å²) in [5, 5.41) is 3.32. The summed E-state index contributed by atoms with van der Waals surface area (Å²) in [6.07, 6.45) is 4.87. The molecule has 4 nitrogen and oxygen atoms in total. The molecule has 1 aliphatic carbocycles. The molecular formula is C22H38N2O2S. The predicted octanol–water partition coefficient (Wildman–Crippen LogP) is 4.27. The van der Waals surface area contributed by atoms with Gasteiger partial charge in [-0.2, -0.15) is 0 Å². The molecular weight excluding hydrogens is 356 g/mol. The largest absolute Gasteiger partial charge is 0.315 e. The summed E-state index contributed by atoms with van der Waals surface area (Å²) in [5.41, 5.74) is 3.79. The molecule has 0 aromatic heterocycles. The van der Waals surface area contributed by atoms with Crippen LogP contribution < -0.4 is 5.32 Å². The Morgan fingerprint density at radius 2 is 1.63 bits per heavy atom. The van der Waals surface area contributed by atoms with Crippen molar-refractivity contribution in [3.63, 3.8) is 0 Å². The van der Waals surface area contributed by atoms with Crippen LogP contribution in [0.4, 0.5) is 0 Å². The normalized spacial score (nSPS) is 21.4. The number of hydrogen-bond acceptors (Lipinski definition) is 3. The highest BCUT2D eigenvalue weighted by molar-refractivity contribution is 7.89. The lowest BCUT2D eigenvalue weighted by Gasteiger charge is -2.37. The van der Waals surface area contributed by atoms with E-state index in [9.17, 15) is 8.42 Å². The van der Waals surface area contributed by atoms with Crippen LogP contribution in [0.2, 0.25) is 0 Å². The van der Waals surface area contributed by atoms with E-state index in [1.807, 2.05) is 7.05 Å². The summed E-state index contributed by atoms with van der Waals surface area (Å²) >= 11 is 0. The zero-order valence-electron chi connectivity index (χ0n) is 18.0. The first kappa shape index (κ1) is 22.4. The fraction of sp³-hybridized carbons (Fsp3) is 0.727. The van der Waals surface area contributed by atoms with Gasteiger partial charge >= 0.3 is 0 Å². The molecule has 0 spiro atoms. The molecule has 1 fully saturated rings. The zero-order valence-corrected chi connectivity index (χ0v) is 18.8. The minimum atomic E-state index is -3.29. The quantitative estimate of drug-likeness (QED) is 0.716. The Labute approximate surface area is 166 Å². The summed E-state index contributed by atoms with van der Waals surface area (Å²) in [6.45, 7) is 8.73. The molecule has 0 radical (unpaired) electrons. The minimum Gasteiger partial charge on any atom is -0.315 e. The van der Waals surface area contributed by atoms with Crippen molar-refractivity contribution in [2.45, 2.75) is 83.7 Å². The van der Waals surface area contributed by atoms with Crippen LogP contribution in [0.1, 0.15) is 81.9 Å². The van der Waals surface area contributed by atoms with Crippen LogP contribution in [0.3, 0.4) is 0 Å². The van der Waals surface area contributed by atoms with Crippen molar-refractivity contribution in [3.8, 4) is 0 Å². The Morgan fingerprint density at radius 3 is 2.15 bits per heavy atom. The van der Waals surface area contributed by atoms with Gasteiger partial charge in [-0.25, -0.2) is 12.7 Å². The summed E-state index contributed by atoms with van der Waals surface area (Å²) in [7, 11) is 0.420. The number of nitrogens with one attached hydrogen (secondary N) is 1. The first-order valence-electron chi connectivity index (χ1n) is 10.4. The lowest BCUT2D eigenvalue weighted by molar-refractivity contribution is 0.229. The van der Waals surface area contributed by atoms with Crippen LogP contribution in [0, 0.1) is 0 Å². The van der Waals surface area contributed by atoms with Gasteiger partial charge in [0.25, 0.3) is 0 Å². The molecule has 1 N–H and O–H groups in total. The average Bonchev–Trinajstić information content (AvgIpc) is 2.65. The Hall–Kier alpha value is -0.910. The average molecular weight is 395 g/mol. The van der Waals surface area contributed by atoms with Crippen molar-refractivity contribution in [1.29, 1.82) is 0 Å². The van der Waals surface area contributed by atoms with Gasteiger partial charge in [0.05, 0.1) is 5.75 Å². The second-order valence-corrected chi connectivity index (χ2v) is 10.7. The number of rotatable bonds is 8. The second kappa shape index (κ2) is 9.53. The molecule has 1 aromatic carbocycles. The van der Waals surface area contributed by atoms with E-state index in [0.717, 1.165) is 19.3 Å². The molecule has 0 aliphatic heterocycles.